The molecule has 0 spiro atoms. The van der Waals surface area contributed by atoms with E-state index in [0.717, 1.165) is 50.5 Å². The van der Waals surface area contributed by atoms with Crippen molar-refractivity contribution in [1.82, 2.24) is 9.80 Å². The zero-order valence-corrected chi connectivity index (χ0v) is 15.2. The van der Waals surface area contributed by atoms with Crippen molar-refractivity contribution in [2.45, 2.75) is 37.0 Å². The number of piperazine rings is 1. The van der Waals surface area contributed by atoms with Gasteiger partial charge in [-0.1, -0.05) is 37.5 Å². The fourth-order valence-electron chi connectivity index (χ4n) is 3.70. The Kier molecular flexibility index (Phi) is 6.44. The highest BCUT2D eigenvalue weighted by Crippen LogP contribution is 2.25. The third-order valence-corrected chi connectivity index (χ3v) is 6.59. The molecule has 0 radical (unpaired) electrons. The molecule has 1 aliphatic carbocycles. The molecule has 1 aromatic rings. The summed E-state index contributed by atoms with van der Waals surface area (Å²) in [6.07, 6.45) is 5.86. The normalized spacial score (nSPS) is 21.6. The zero-order chi connectivity index (χ0) is 16.8. The first-order chi connectivity index (χ1) is 11.7. The fourth-order valence-corrected chi connectivity index (χ4v) is 4.82. The molecule has 1 saturated heterocycles. The molecule has 3 rings (SSSR count). The number of nitrogens with zero attached hydrogens (tertiary/aromatic N) is 2. The molecule has 24 heavy (non-hydrogen) atoms. The molecule has 4 nitrogen and oxygen atoms in total. The minimum Gasteiger partial charge on any atom is -0.340 e. The minimum absolute atomic E-state index is 0.274. The molecule has 2 aliphatic rings. The van der Waals surface area contributed by atoms with Crippen molar-refractivity contribution in [1.29, 1.82) is 0 Å². The van der Waals surface area contributed by atoms with Crippen molar-refractivity contribution in [2.75, 3.05) is 38.5 Å². The molecule has 1 aromatic carbocycles. The summed E-state index contributed by atoms with van der Waals surface area (Å²) >= 11 is 0. The maximum atomic E-state index is 12.6. The van der Waals surface area contributed by atoms with Crippen LogP contribution in [0.3, 0.4) is 0 Å². The molecule has 0 N–H and O–H groups in total. The lowest BCUT2D eigenvalue weighted by atomic mass is 9.88. The van der Waals surface area contributed by atoms with Crippen molar-refractivity contribution < 1.29 is 9.00 Å². The Balaban J connectivity index is 1.40. The second-order valence-corrected chi connectivity index (χ2v) is 8.44. The van der Waals surface area contributed by atoms with Crippen molar-refractivity contribution in [3.8, 4) is 0 Å². The summed E-state index contributed by atoms with van der Waals surface area (Å²) in [6, 6.07) is 9.67. The average molecular weight is 349 g/mol. The molecule has 1 atom stereocenters. The van der Waals surface area contributed by atoms with Gasteiger partial charge in [-0.05, 0) is 25.0 Å². The summed E-state index contributed by atoms with van der Waals surface area (Å²) in [7, 11) is -0.929. The first-order valence-corrected chi connectivity index (χ1v) is 10.5. The van der Waals surface area contributed by atoms with E-state index in [1.807, 2.05) is 30.3 Å². The number of hydrogen-bond acceptors (Lipinski definition) is 3. The summed E-state index contributed by atoms with van der Waals surface area (Å²) in [5.41, 5.74) is 0. The van der Waals surface area contributed by atoms with E-state index in [9.17, 15) is 9.00 Å². The number of benzene rings is 1. The lowest BCUT2D eigenvalue weighted by molar-refractivity contribution is -0.138. The molecular formula is C19H28N2O2S. The molecule has 0 bridgehead atoms. The van der Waals surface area contributed by atoms with Crippen LogP contribution in [-0.4, -0.2) is 58.4 Å². The van der Waals surface area contributed by atoms with Gasteiger partial charge >= 0.3 is 0 Å². The first kappa shape index (κ1) is 17.6. The lowest BCUT2D eigenvalue weighted by Gasteiger charge is -2.37. The lowest BCUT2D eigenvalue weighted by Crippen LogP contribution is -2.51. The van der Waals surface area contributed by atoms with Gasteiger partial charge in [-0.2, -0.15) is 0 Å². The summed E-state index contributed by atoms with van der Waals surface area (Å²) in [5.74, 6) is 1.32. The fraction of sp³-hybridized carbons (Fsp3) is 0.632. The van der Waals surface area contributed by atoms with Gasteiger partial charge in [0.2, 0.25) is 5.91 Å². The van der Waals surface area contributed by atoms with Crippen LogP contribution in [0.1, 0.15) is 32.1 Å². The van der Waals surface area contributed by atoms with Gasteiger partial charge in [0.15, 0.2) is 0 Å². The van der Waals surface area contributed by atoms with Gasteiger partial charge in [0, 0.05) is 49.3 Å². The number of amides is 1. The molecular weight excluding hydrogens is 320 g/mol. The van der Waals surface area contributed by atoms with Gasteiger partial charge in [-0.15, -0.1) is 0 Å². The van der Waals surface area contributed by atoms with E-state index in [-0.39, 0.29) is 5.92 Å². The van der Waals surface area contributed by atoms with Crippen LogP contribution in [0.5, 0.6) is 0 Å². The predicted molar refractivity (Wildman–Crippen MR) is 97.3 cm³/mol. The first-order valence-electron chi connectivity index (χ1n) is 9.18. The summed E-state index contributed by atoms with van der Waals surface area (Å²) < 4.78 is 12.3. The molecule has 1 heterocycles. The summed E-state index contributed by atoms with van der Waals surface area (Å²) in [6.45, 7) is 4.31. The quantitative estimate of drug-likeness (QED) is 0.821. The van der Waals surface area contributed by atoms with E-state index in [2.05, 4.69) is 9.80 Å². The Labute approximate surface area is 147 Å². The van der Waals surface area contributed by atoms with E-state index >= 15 is 0 Å². The van der Waals surface area contributed by atoms with Gasteiger partial charge in [0.1, 0.15) is 0 Å². The van der Waals surface area contributed by atoms with Crippen molar-refractivity contribution >= 4 is 16.7 Å². The second kappa shape index (κ2) is 8.77. The maximum absolute atomic E-state index is 12.6. The highest BCUT2D eigenvalue weighted by molar-refractivity contribution is 7.85. The molecule has 5 heteroatoms. The highest BCUT2D eigenvalue weighted by atomic mass is 32.2. The molecule has 0 unspecified atom stereocenters. The topological polar surface area (TPSA) is 40.6 Å². The maximum Gasteiger partial charge on any atom is 0.225 e. The smallest absolute Gasteiger partial charge is 0.225 e. The number of carbonyl (C=O) groups is 1. The Morgan fingerprint density at radius 2 is 1.67 bits per heavy atom. The Morgan fingerprint density at radius 1 is 1.00 bits per heavy atom. The van der Waals surface area contributed by atoms with Crippen LogP contribution in [0.2, 0.25) is 0 Å². The van der Waals surface area contributed by atoms with E-state index < -0.39 is 10.8 Å². The molecule has 1 amide bonds. The summed E-state index contributed by atoms with van der Waals surface area (Å²) in [5, 5.41) is 0. The molecule has 1 aliphatic heterocycles. The van der Waals surface area contributed by atoms with Gasteiger partial charge in [0.05, 0.1) is 10.8 Å². The SMILES string of the molecule is O=C(C1CCCCC1)N1CCN(CC[S@@](=O)c2ccccc2)CC1. The second-order valence-electron chi connectivity index (χ2n) is 6.86. The third kappa shape index (κ3) is 4.67. The van der Waals surface area contributed by atoms with Crippen molar-refractivity contribution in [3.63, 3.8) is 0 Å². The third-order valence-electron chi connectivity index (χ3n) is 5.24. The summed E-state index contributed by atoms with van der Waals surface area (Å²) in [4.78, 5) is 17.9. The Morgan fingerprint density at radius 3 is 2.33 bits per heavy atom. The minimum atomic E-state index is -0.929. The van der Waals surface area contributed by atoms with E-state index in [0.29, 0.717) is 11.7 Å². The van der Waals surface area contributed by atoms with E-state index in [4.69, 9.17) is 0 Å². The number of carbonyl (C=O) groups excluding carboxylic acids is 1. The standard InChI is InChI=1S/C19H28N2O2S/c22-19(17-7-3-1-4-8-17)21-13-11-20(12-14-21)15-16-24(23)18-9-5-2-6-10-18/h2,5-6,9-10,17H,1,3-4,7-8,11-16H2/t24-/m1/s1. The molecule has 132 valence electrons. The highest BCUT2D eigenvalue weighted by Gasteiger charge is 2.28. The monoisotopic (exact) mass is 348 g/mol. The average Bonchev–Trinajstić information content (AvgIpc) is 2.67. The predicted octanol–water partition coefficient (Wildman–Crippen LogP) is 2.52. The van der Waals surface area contributed by atoms with Crippen LogP contribution in [0.4, 0.5) is 0 Å². The Hall–Kier alpha value is -1.20. The van der Waals surface area contributed by atoms with E-state index in [1.165, 1.54) is 19.3 Å². The molecule has 1 saturated carbocycles. The van der Waals surface area contributed by atoms with Crippen LogP contribution in [-0.2, 0) is 15.6 Å². The Bertz CT molecular complexity index is 550. The van der Waals surface area contributed by atoms with Gasteiger partial charge in [-0.25, -0.2) is 0 Å². The zero-order valence-electron chi connectivity index (χ0n) is 14.4. The van der Waals surface area contributed by atoms with Crippen LogP contribution < -0.4 is 0 Å². The largest absolute Gasteiger partial charge is 0.340 e. The van der Waals surface area contributed by atoms with E-state index in [1.54, 1.807) is 0 Å². The van der Waals surface area contributed by atoms with Crippen molar-refractivity contribution in [3.05, 3.63) is 30.3 Å². The molecule has 0 aromatic heterocycles. The van der Waals surface area contributed by atoms with Crippen LogP contribution >= 0.6 is 0 Å². The van der Waals surface area contributed by atoms with Crippen LogP contribution in [0.15, 0.2) is 35.2 Å². The van der Waals surface area contributed by atoms with Crippen LogP contribution in [0, 0.1) is 5.92 Å². The van der Waals surface area contributed by atoms with Gasteiger partial charge < -0.3 is 4.90 Å². The van der Waals surface area contributed by atoms with Crippen molar-refractivity contribution in [2.24, 2.45) is 5.92 Å². The molecule has 2 fully saturated rings. The van der Waals surface area contributed by atoms with Gasteiger partial charge in [-0.3, -0.25) is 13.9 Å². The number of hydrogen-bond donors (Lipinski definition) is 0. The van der Waals surface area contributed by atoms with Gasteiger partial charge in [0.25, 0.3) is 0 Å². The number of rotatable bonds is 5. The van der Waals surface area contributed by atoms with Crippen LogP contribution in [0.25, 0.3) is 0 Å².